The number of benzene rings is 2. The van der Waals surface area contributed by atoms with Crippen LogP contribution < -0.4 is 4.74 Å². The largest absolute Gasteiger partial charge is 0.507 e. The maximum absolute atomic E-state index is 12.9. The van der Waals surface area contributed by atoms with Crippen LogP contribution in [0.2, 0.25) is 0 Å². The Balaban J connectivity index is 2.10. The molecule has 6 heteroatoms. The van der Waals surface area contributed by atoms with Gasteiger partial charge in [-0.2, -0.15) is 0 Å². The van der Waals surface area contributed by atoms with Crippen molar-refractivity contribution in [3.05, 3.63) is 70.8 Å². The highest BCUT2D eigenvalue weighted by atomic mass is 16.5. The maximum Gasteiger partial charge on any atom is 0.295 e. The van der Waals surface area contributed by atoms with E-state index in [4.69, 9.17) is 4.74 Å². The predicted molar refractivity (Wildman–Crippen MR) is 116 cm³/mol. The van der Waals surface area contributed by atoms with E-state index in [1.165, 1.54) is 4.90 Å². The molecule has 1 heterocycles. The number of aliphatic hydroxyl groups is 1. The van der Waals surface area contributed by atoms with Gasteiger partial charge in [-0.3, -0.25) is 9.59 Å². The first-order chi connectivity index (χ1) is 14.3. The SMILES string of the molecule is CCOc1ccc([C@H]2C(=C(O)c3ccc(C)cc3)C(=O)C(=O)N2CCN(C)C)cc1. The van der Waals surface area contributed by atoms with Gasteiger partial charge in [0.15, 0.2) is 0 Å². The fourth-order valence-electron chi connectivity index (χ4n) is 3.54. The molecule has 0 aliphatic carbocycles. The maximum atomic E-state index is 12.9. The first-order valence-corrected chi connectivity index (χ1v) is 10.1. The van der Waals surface area contributed by atoms with E-state index in [2.05, 4.69) is 0 Å². The van der Waals surface area contributed by atoms with E-state index < -0.39 is 17.7 Å². The molecule has 0 aromatic heterocycles. The number of rotatable bonds is 7. The smallest absolute Gasteiger partial charge is 0.295 e. The zero-order chi connectivity index (χ0) is 21.8. The molecular weight excluding hydrogens is 380 g/mol. The Labute approximate surface area is 177 Å². The van der Waals surface area contributed by atoms with Gasteiger partial charge in [-0.05, 0) is 45.6 Å². The molecule has 6 nitrogen and oxygen atoms in total. The first kappa shape index (κ1) is 21.6. The van der Waals surface area contributed by atoms with E-state index in [1.807, 2.05) is 69.2 Å². The van der Waals surface area contributed by atoms with Gasteiger partial charge in [0.05, 0.1) is 18.2 Å². The van der Waals surface area contributed by atoms with Gasteiger partial charge in [0.1, 0.15) is 11.5 Å². The highest BCUT2D eigenvalue weighted by molar-refractivity contribution is 6.46. The summed E-state index contributed by atoms with van der Waals surface area (Å²) in [6, 6.07) is 13.9. The van der Waals surface area contributed by atoms with Gasteiger partial charge in [-0.25, -0.2) is 0 Å². The van der Waals surface area contributed by atoms with E-state index in [9.17, 15) is 14.7 Å². The number of Topliss-reactive ketones (excluding diaryl/α,β-unsaturated/α-hetero) is 1. The fraction of sp³-hybridized carbons (Fsp3) is 0.333. The number of likely N-dealkylation sites (N-methyl/N-ethyl adjacent to an activating group) is 1. The molecule has 1 N–H and O–H groups in total. The molecule has 1 saturated heterocycles. The molecule has 0 unspecified atom stereocenters. The van der Waals surface area contributed by atoms with Gasteiger partial charge < -0.3 is 19.6 Å². The standard InChI is InChI=1S/C24H28N2O4/c1-5-30-19-12-10-17(11-13-19)21-20(22(27)18-8-6-16(2)7-9-18)23(28)24(29)26(21)15-14-25(3)4/h6-13,21,27H,5,14-15H2,1-4H3/t21-/m0/s1. The number of aliphatic hydroxyl groups excluding tert-OH is 1. The van der Waals surface area contributed by atoms with Crippen LogP contribution >= 0.6 is 0 Å². The van der Waals surface area contributed by atoms with Crippen molar-refractivity contribution >= 4 is 17.4 Å². The quantitative estimate of drug-likeness (QED) is 0.432. The predicted octanol–water partition coefficient (Wildman–Crippen LogP) is 3.38. The summed E-state index contributed by atoms with van der Waals surface area (Å²) in [5.41, 5.74) is 2.43. The van der Waals surface area contributed by atoms with Gasteiger partial charge in [0, 0.05) is 18.7 Å². The van der Waals surface area contributed by atoms with Crippen molar-refractivity contribution in [2.24, 2.45) is 0 Å². The minimum atomic E-state index is -0.661. The Morgan fingerprint density at radius 2 is 1.70 bits per heavy atom. The molecule has 0 spiro atoms. The highest BCUT2D eigenvalue weighted by Gasteiger charge is 2.45. The number of ketones is 1. The van der Waals surface area contributed by atoms with E-state index in [0.29, 0.717) is 31.0 Å². The van der Waals surface area contributed by atoms with Crippen LogP contribution in [0.1, 0.15) is 29.7 Å². The number of ether oxygens (including phenoxy) is 1. The van der Waals surface area contributed by atoms with Gasteiger partial charge in [-0.1, -0.05) is 42.0 Å². The minimum Gasteiger partial charge on any atom is -0.507 e. The molecule has 0 bridgehead atoms. The van der Waals surface area contributed by atoms with Gasteiger partial charge >= 0.3 is 0 Å². The number of nitrogens with zero attached hydrogens (tertiary/aromatic N) is 2. The normalized spacial score (nSPS) is 18.3. The number of hydrogen-bond donors (Lipinski definition) is 1. The summed E-state index contributed by atoms with van der Waals surface area (Å²) < 4.78 is 5.51. The second-order valence-electron chi connectivity index (χ2n) is 7.66. The first-order valence-electron chi connectivity index (χ1n) is 10.1. The monoisotopic (exact) mass is 408 g/mol. The average Bonchev–Trinajstić information content (AvgIpc) is 2.98. The molecule has 0 saturated carbocycles. The lowest BCUT2D eigenvalue weighted by Crippen LogP contribution is -2.35. The van der Waals surface area contributed by atoms with Crippen LogP contribution in [-0.2, 0) is 9.59 Å². The zero-order valence-electron chi connectivity index (χ0n) is 17.9. The molecular formula is C24H28N2O4. The Kier molecular flexibility index (Phi) is 6.57. The summed E-state index contributed by atoms with van der Waals surface area (Å²) in [5, 5.41) is 11.0. The Morgan fingerprint density at radius 1 is 1.07 bits per heavy atom. The lowest BCUT2D eigenvalue weighted by atomic mass is 9.95. The molecule has 1 aliphatic heterocycles. The number of likely N-dealkylation sites (tertiary alicyclic amines) is 1. The van der Waals surface area contributed by atoms with E-state index in [0.717, 1.165) is 11.1 Å². The van der Waals surface area contributed by atoms with E-state index in [-0.39, 0.29) is 11.3 Å². The molecule has 1 atom stereocenters. The zero-order valence-corrected chi connectivity index (χ0v) is 17.9. The fourth-order valence-corrected chi connectivity index (χ4v) is 3.54. The molecule has 30 heavy (non-hydrogen) atoms. The van der Waals surface area contributed by atoms with E-state index >= 15 is 0 Å². The molecule has 0 radical (unpaired) electrons. The van der Waals surface area contributed by atoms with Crippen molar-refractivity contribution in [2.45, 2.75) is 19.9 Å². The van der Waals surface area contributed by atoms with Crippen molar-refractivity contribution in [1.82, 2.24) is 9.80 Å². The molecule has 2 aromatic rings. The van der Waals surface area contributed by atoms with Crippen LogP contribution in [0.4, 0.5) is 0 Å². The summed E-state index contributed by atoms with van der Waals surface area (Å²) >= 11 is 0. The summed E-state index contributed by atoms with van der Waals surface area (Å²) in [4.78, 5) is 29.3. The minimum absolute atomic E-state index is 0.117. The van der Waals surface area contributed by atoms with Crippen molar-refractivity contribution < 1.29 is 19.4 Å². The third-order valence-corrected chi connectivity index (χ3v) is 5.16. The van der Waals surface area contributed by atoms with Crippen LogP contribution in [0.15, 0.2) is 54.1 Å². The Morgan fingerprint density at radius 3 is 2.27 bits per heavy atom. The number of carbonyl (C=O) groups is 2. The summed E-state index contributed by atoms with van der Waals surface area (Å²) in [6.45, 7) is 5.38. The van der Waals surface area contributed by atoms with Crippen molar-refractivity contribution in [2.75, 3.05) is 33.8 Å². The molecule has 1 amide bonds. The lowest BCUT2D eigenvalue weighted by molar-refractivity contribution is -0.140. The Hall–Kier alpha value is -3.12. The highest BCUT2D eigenvalue weighted by Crippen LogP contribution is 2.39. The van der Waals surface area contributed by atoms with Crippen molar-refractivity contribution in [3.8, 4) is 5.75 Å². The summed E-state index contributed by atoms with van der Waals surface area (Å²) in [6.07, 6.45) is 0. The molecule has 158 valence electrons. The van der Waals surface area contributed by atoms with Crippen molar-refractivity contribution in [3.63, 3.8) is 0 Å². The molecule has 2 aromatic carbocycles. The summed E-state index contributed by atoms with van der Waals surface area (Å²) in [7, 11) is 3.82. The third-order valence-electron chi connectivity index (χ3n) is 5.16. The number of hydrogen-bond acceptors (Lipinski definition) is 5. The number of amides is 1. The van der Waals surface area contributed by atoms with Crippen LogP contribution in [0.25, 0.3) is 5.76 Å². The van der Waals surface area contributed by atoms with Crippen LogP contribution in [-0.4, -0.2) is 60.4 Å². The van der Waals surface area contributed by atoms with Crippen LogP contribution in [0.3, 0.4) is 0 Å². The lowest BCUT2D eigenvalue weighted by Gasteiger charge is -2.26. The molecule has 1 fully saturated rings. The van der Waals surface area contributed by atoms with Crippen molar-refractivity contribution in [1.29, 1.82) is 0 Å². The topological polar surface area (TPSA) is 70.1 Å². The summed E-state index contributed by atoms with van der Waals surface area (Å²) in [5.74, 6) is -0.695. The van der Waals surface area contributed by atoms with Crippen LogP contribution in [0, 0.1) is 6.92 Å². The number of aryl methyl sites for hydroxylation is 1. The third kappa shape index (κ3) is 4.39. The second-order valence-corrected chi connectivity index (χ2v) is 7.66. The van der Waals surface area contributed by atoms with Gasteiger partial charge in [0.2, 0.25) is 0 Å². The molecule has 1 aliphatic rings. The average molecular weight is 408 g/mol. The number of carbonyl (C=O) groups excluding carboxylic acids is 2. The van der Waals surface area contributed by atoms with Crippen LogP contribution in [0.5, 0.6) is 5.75 Å². The van der Waals surface area contributed by atoms with Gasteiger partial charge in [-0.15, -0.1) is 0 Å². The second kappa shape index (κ2) is 9.13. The molecule has 3 rings (SSSR count). The van der Waals surface area contributed by atoms with E-state index in [1.54, 1.807) is 12.1 Å². The Bertz CT molecular complexity index is 946. The van der Waals surface area contributed by atoms with Gasteiger partial charge in [0.25, 0.3) is 11.7 Å².